The molecule has 2 heterocycles. The number of aryl methyl sites for hydroxylation is 3. The number of hydrogen-bond donors (Lipinski definition) is 1. The van der Waals surface area contributed by atoms with Gasteiger partial charge in [-0.25, -0.2) is 0 Å². The molecule has 0 atom stereocenters. The van der Waals surface area contributed by atoms with Crippen LogP contribution in [0.25, 0.3) is 0 Å². The number of nitrogens with one attached hydrogen (secondary N) is 1. The van der Waals surface area contributed by atoms with Gasteiger partial charge in [0.05, 0.1) is 23.3 Å². The normalized spacial score (nSPS) is 10.8. The summed E-state index contributed by atoms with van der Waals surface area (Å²) in [5.74, 6) is 1.02. The summed E-state index contributed by atoms with van der Waals surface area (Å²) in [6, 6.07) is 5.99. The first-order valence-electron chi connectivity index (χ1n) is 8.55. The first-order valence-corrected chi connectivity index (χ1v) is 8.93. The van der Waals surface area contributed by atoms with Crippen LogP contribution in [0.3, 0.4) is 0 Å². The second-order valence-electron chi connectivity index (χ2n) is 6.30. The summed E-state index contributed by atoms with van der Waals surface area (Å²) in [4.78, 5) is 12.5. The molecule has 0 bridgehead atoms. The van der Waals surface area contributed by atoms with Crippen molar-refractivity contribution >= 4 is 17.5 Å². The first-order chi connectivity index (χ1) is 12.9. The lowest BCUT2D eigenvalue weighted by atomic mass is 10.1. The number of nitrogens with zero attached hydrogens (tertiary/aromatic N) is 3. The minimum atomic E-state index is -0.315. The molecule has 0 saturated heterocycles. The number of amides is 1. The highest BCUT2D eigenvalue weighted by molar-refractivity contribution is 6.30. The lowest BCUT2D eigenvalue weighted by Gasteiger charge is -2.10. The summed E-state index contributed by atoms with van der Waals surface area (Å²) < 4.78 is 12.8. The Kier molecular flexibility index (Phi) is 5.81. The Morgan fingerprint density at radius 2 is 2.15 bits per heavy atom. The van der Waals surface area contributed by atoms with Crippen molar-refractivity contribution in [2.45, 2.75) is 33.9 Å². The second-order valence-corrected chi connectivity index (χ2v) is 6.74. The van der Waals surface area contributed by atoms with Gasteiger partial charge in [0, 0.05) is 12.7 Å². The van der Waals surface area contributed by atoms with Crippen LogP contribution in [0.5, 0.6) is 5.75 Å². The molecule has 0 fully saturated rings. The largest absolute Gasteiger partial charge is 0.488 e. The number of hydrogen-bond acceptors (Lipinski definition) is 5. The van der Waals surface area contributed by atoms with Gasteiger partial charge in [0.2, 0.25) is 0 Å². The van der Waals surface area contributed by atoms with Crippen LogP contribution in [0.1, 0.15) is 32.9 Å². The van der Waals surface area contributed by atoms with E-state index in [2.05, 4.69) is 15.6 Å². The Bertz CT molecular complexity index is 948. The molecule has 0 spiro atoms. The van der Waals surface area contributed by atoms with Gasteiger partial charge in [0.15, 0.2) is 5.69 Å². The molecule has 2 aromatic heterocycles. The van der Waals surface area contributed by atoms with Gasteiger partial charge in [-0.3, -0.25) is 9.48 Å². The van der Waals surface area contributed by atoms with E-state index in [1.807, 2.05) is 32.0 Å². The van der Waals surface area contributed by atoms with Crippen molar-refractivity contribution in [1.29, 1.82) is 0 Å². The van der Waals surface area contributed by atoms with E-state index in [-0.39, 0.29) is 18.2 Å². The standard InChI is InChI=1S/C19H21ClN4O3/c1-12-4-5-13(2)17(8-12)26-11-16-14(3)27-23-18(16)19(25)21-6-7-24-10-15(20)9-22-24/h4-5,8-10H,6-7,11H2,1-3H3,(H,21,25). The summed E-state index contributed by atoms with van der Waals surface area (Å²) >= 11 is 5.82. The Labute approximate surface area is 162 Å². The van der Waals surface area contributed by atoms with Crippen molar-refractivity contribution < 1.29 is 14.1 Å². The van der Waals surface area contributed by atoms with E-state index in [1.54, 1.807) is 24.0 Å². The third-order valence-corrected chi connectivity index (χ3v) is 4.34. The number of aromatic nitrogens is 3. The molecule has 3 rings (SSSR count). The Hall–Kier alpha value is -2.80. The maximum absolute atomic E-state index is 12.5. The van der Waals surface area contributed by atoms with Crippen LogP contribution in [-0.2, 0) is 13.2 Å². The van der Waals surface area contributed by atoms with E-state index >= 15 is 0 Å². The summed E-state index contributed by atoms with van der Waals surface area (Å²) in [6.45, 7) is 6.84. The van der Waals surface area contributed by atoms with Crippen LogP contribution in [0.15, 0.2) is 35.1 Å². The van der Waals surface area contributed by atoms with Crippen molar-refractivity contribution in [3.8, 4) is 5.75 Å². The fourth-order valence-corrected chi connectivity index (χ4v) is 2.74. The fraction of sp³-hybridized carbons (Fsp3) is 0.316. The average Bonchev–Trinajstić information content (AvgIpc) is 3.21. The van der Waals surface area contributed by atoms with Crippen LogP contribution in [0.2, 0.25) is 5.02 Å². The highest BCUT2D eigenvalue weighted by Gasteiger charge is 2.20. The van der Waals surface area contributed by atoms with Crippen LogP contribution in [0.4, 0.5) is 0 Å². The summed E-state index contributed by atoms with van der Waals surface area (Å²) in [5.41, 5.74) is 3.00. The minimum absolute atomic E-state index is 0.206. The maximum Gasteiger partial charge on any atom is 0.273 e. The van der Waals surface area contributed by atoms with Gasteiger partial charge in [0.25, 0.3) is 5.91 Å². The third-order valence-electron chi connectivity index (χ3n) is 4.14. The lowest BCUT2D eigenvalue weighted by Crippen LogP contribution is -2.28. The molecule has 0 radical (unpaired) electrons. The van der Waals surface area contributed by atoms with E-state index in [9.17, 15) is 4.79 Å². The third kappa shape index (κ3) is 4.68. The fourth-order valence-electron chi connectivity index (χ4n) is 2.58. The molecule has 7 nitrogen and oxygen atoms in total. The number of rotatable bonds is 7. The molecule has 0 aliphatic heterocycles. The van der Waals surface area contributed by atoms with Crippen molar-refractivity contribution in [2.75, 3.05) is 6.54 Å². The van der Waals surface area contributed by atoms with E-state index in [0.29, 0.717) is 29.4 Å². The van der Waals surface area contributed by atoms with Crippen molar-refractivity contribution in [1.82, 2.24) is 20.3 Å². The minimum Gasteiger partial charge on any atom is -0.488 e. The van der Waals surface area contributed by atoms with Gasteiger partial charge in [-0.15, -0.1) is 0 Å². The molecule has 1 N–H and O–H groups in total. The summed E-state index contributed by atoms with van der Waals surface area (Å²) in [7, 11) is 0. The van der Waals surface area contributed by atoms with Crippen LogP contribution >= 0.6 is 11.6 Å². The molecule has 1 aromatic carbocycles. The molecule has 0 unspecified atom stereocenters. The predicted molar refractivity (Wildman–Crippen MR) is 101 cm³/mol. The molecule has 1 amide bonds. The highest BCUT2D eigenvalue weighted by atomic mass is 35.5. The van der Waals surface area contributed by atoms with Gasteiger partial charge >= 0.3 is 0 Å². The molecule has 142 valence electrons. The van der Waals surface area contributed by atoms with Gasteiger partial charge in [-0.2, -0.15) is 5.10 Å². The number of ether oxygens (including phenoxy) is 1. The molecular weight excluding hydrogens is 368 g/mol. The zero-order valence-corrected chi connectivity index (χ0v) is 16.2. The van der Waals surface area contributed by atoms with Crippen molar-refractivity contribution in [3.63, 3.8) is 0 Å². The number of halogens is 1. The first kappa shape index (κ1) is 19.0. The molecule has 27 heavy (non-hydrogen) atoms. The van der Waals surface area contributed by atoms with E-state index in [1.165, 1.54) is 0 Å². The molecule has 0 saturated carbocycles. The van der Waals surface area contributed by atoms with Gasteiger partial charge < -0.3 is 14.6 Å². The smallest absolute Gasteiger partial charge is 0.273 e. The highest BCUT2D eigenvalue weighted by Crippen LogP contribution is 2.22. The van der Waals surface area contributed by atoms with Crippen LogP contribution < -0.4 is 10.1 Å². The van der Waals surface area contributed by atoms with Crippen LogP contribution in [-0.4, -0.2) is 27.4 Å². The number of carbonyl (C=O) groups excluding carboxylic acids is 1. The Morgan fingerprint density at radius 3 is 2.89 bits per heavy atom. The molecular formula is C19H21ClN4O3. The monoisotopic (exact) mass is 388 g/mol. The van der Waals surface area contributed by atoms with Gasteiger partial charge in [-0.05, 0) is 38.0 Å². The van der Waals surface area contributed by atoms with Gasteiger partial charge in [0.1, 0.15) is 18.1 Å². The zero-order chi connectivity index (χ0) is 19.4. The molecule has 3 aromatic rings. The van der Waals surface area contributed by atoms with Gasteiger partial charge in [-0.1, -0.05) is 28.9 Å². The average molecular weight is 389 g/mol. The summed E-state index contributed by atoms with van der Waals surface area (Å²) in [5, 5.41) is 11.3. The zero-order valence-electron chi connectivity index (χ0n) is 15.5. The van der Waals surface area contributed by atoms with E-state index in [0.717, 1.165) is 16.9 Å². The van der Waals surface area contributed by atoms with E-state index in [4.69, 9.17) is 20.9 Å². The van der Waals surface area contributed by atoms with E-state index < -0.39 is 0 Å². The Morgan fingerprint density at radius 1 is 1.33 bits per heavy atom. The van der Waals surface area contributed by atoms with Crippen molar-refractivity contribution in [3.05, 3.63) is 63.8 Å². The SMILES string of the molecule is Cc1ccc(C)c(OCc2c(C(=O)NCCn3cc(Cl)cn3)noc2C)c1. The van der Waals surface area contributed by atoms with Crippen molar-refractivity contribution in [2.24, 2.45) is 0 Å². The topological polar surface area (TPSA) is 82.2 Å². The summed E-state index contributed by atoms with van der Waals surface area (Å²) in [6.07, 6.45) is 3.24. The molecule has 0 aliphatic carbocycles. The second kappa shape index (κ2) is 8.26. The van der Waals surface area contributed by atoms with Crippen LogP contribution in [0, 0.1) is 20.8 Å². The molecule has 8 heteroatoms. The Balaban J connectivity index is 1.63. The number of carbonyl (C=O) groups is 1. The molecule has 0 aliphatic rings. The quantitative estimate of drug-likeness (QED) is 0.670. The maximum atomic E-state index is 12.5. The predicted octanol–water partition coefficient (Wildman–Crippen LogP) is 3.46. The number of benzene rings is 1. The lowest BCUT2D eigenvalue weighted by molar-refractivity contribution is 0.0940.